The molecule has 0 unspecified atom stereocenters. The summed E-state index contributed by atoms with van der Waals surface area (Å²) in [4.78, 5) is 8.20. The Kier molecular flexibility index (Phi) is 3.91. The molecule has 0 aliphatic rings. The van der Waals surface area contributed by atoms with Gasteiger partial charge in [-0.25, -0.2) is 9.97 Å². The Morgan fingerprint density at radius 2 is 2.00 bits per heavy atom. The van der Waals surface area contributed by atoms with Gasteiger partial charge in [0.05, 0.1) is 11.0 Å². The summed E-state index contributed by atoms with van der Waals surface area (Å²) in [7, 11) is 0. The van der Waals surface area contributed by atoms with E-state index < -0.39 is 5.60 Å². The van der Waals surface area contributed by atoms with Gasteiger partial charge in [-0.2, -0.15) is 0 Å². The molecular weight excluding hydrogens is 310 g/mol. The predicted molar refractivity (Wildman–Crippen MR) is 76.0 cm³/mol. The van der Waals surface area contributed by atoms with Gasteiger partial charge in [-0.15, -0.1) is 0 Å². The van der Waals surface area contributed by atoms with Crippen LogP contribution < -0.4 is 5.32 Å². The number of hydrogen-bond acceptors (Lipinski definition) is 5. The first-order valence-corrected chi connectivity index (χ1v) is 6.69. The standard InChI is InChI=1S/C13H16BrN3O2/c1-8-4-11(9(2)19-8)13(3,18)7-17-12-15-5-10(14)6-16-12/h4-6,18H,7H2,1-3H3,(H,15,16,17)/t13-/m0/s1. The molecule has 0 aliphatic carbocycles. The highest BCUT2D eigenvalue weighted by Crippen LogP contribution is 2.27. The van der Waals surface area contributed by atoms with Gasteiger partial charge >= 0.3 is 0 Å². The number of hydrogen-bond donors (Lipinski definition) is 2. The van der Waals surface area contributed by atoms with Crippen molar-refractivity contribution in [1.82, 2.24) is 9.97 Å². The van der Waals surface area contributed by atoms with E-state index in [0.717, 1.165) is 21.6 Å². The first-order chi connectivity index (χ1) is 8.88. The number of aromatic nitrogens is 2. The molecule has 0 radical (unpaired) electrons. The molecular formula is C13H16BrN3O2. The molecule has 0 aliphatic heterocycles. The Morgan fingerprint density at radius 1 is 1.37 bits per heavy atom. The number of anilines is 1. The van der Waals surface area contributed by atoms with Crippen molar-refractivity contribution in [2.75, 3.05) is 11.9 Å². The molecule has 5 nitrogen and oxygen atoms in total. The van der Waals surface area contributed by atoms with Crippen LogP contribution in [0.2, 0.25) is 0 Å². The number of furan rings is 1. The zero-order valence-corrected chi connectivity index (χ0v) is 12.7. The summed E-state index contributed by atoms with van der Waals surface area (Å²) in [5, 5.41) is 13.5. The molecule has 0 fully saturated rings. The monoisotopic (exact) mass is 325 g/mol. The Morgan fingerprint density at radius 3 is 2.53 bits per heavy atom. The molecule has 102 valence electrons. The van der Waals surface area contributed by atoms with Gasteiger partial charge in [-0.3, -0.25) is 0 Å². The molecule has 2 aromatic rings. The molecule has 2 heterocycles. The topological polar surface area (TPSA) is 71.2 Å². The minimum absolute atomic E-state index is 0.300. The van der Waals surface area contributed by atoms with Crippen LogP contribution in [-0.2, 0) is 5.60 Å². The maximum atomic E-state index is 10.5. The average Bonchev–Trinajstić information content (AvgIpc) is 2.69. The second-order valence-corrected chi connectivity index (χ2v) is 5.59. The van der Waals surface area contributed by atoms with E-state index in [1.54, 1.807) is 19.3 Å². The van der Waals surface area contributed by atoms with Crippen molar-refractivity contribution in [3.63, 3.8) is 0 Å². The summed E-state index contributed by atoms with van der Waals surface area (Å²) in [6, 6.07) is 1.85. The number of nitrogens with one attached hydrogen (secondary N) is 1. The van der Waals surface area contributed by atoms with Crippen LogP contribution in [0.4, 0.5) is 5.95 Å². The fourth-order valence-corrected chi connectivity index (χ4v) is 2.12. The lowest BCUT2D eigenvalue weighted by Gasteiger charge is -2.23. The van der Waals surface area contributed by atoms with E-state index >= 15 is 0 Å². The lowest BCUT2D eigenvalue weighted by molar-refractivity contribution is 0.0697. The molecule has 6 heteroatoms. The SMILES string of the molecule is Cc1cc([C@@](C)(O)CNc2ncc(Br)cn2)c(C)o1. The third-order valence-corrected chi connectivity index (χ3v) is 3.24. The largest absolute Gasteiger partial charge is 0.466 e. The van der Waals surface area contributed by atoms with Crippen molar-refractivity contribution in [2.45, 2.75) is 26.4 Å². The van der Waals surface area contributed by atoms with Crippen molar-refractivity contribution in [3.05, 3.63) is 40.0 Å². The lowest BCUT2D eigenvalue weighted by atomic mass is 9.96. The quantitative estimate of drug-likeness (QED) is 0.904. The molecule has 2 aromatic heterocycles. The van der Waals surface area contributed by atoms with Crippen molar-refractivity contribution in [3.8, 4) is 0 Å². The third kappa shape index (κ3) is 3.33. The Bertz CT molecular complexity index is 564. The molecule has 1 atom stereocenters. The van der Waals surface area contributed by atoms with Gasteiger partial charge in [0, 0.05) is 18.0 Å². The van der Waals surface area contributed by atoms with E-state index in [9.17, 15) is 5.11 Å². The molecule has 2 rings (SSSR count). The summed E-state index contributed by atoms with van der Waals surface area (Å²) in [5.41, 5.74) is -0.271. The third-order valence-electron chi connectivity index (χ3n) is 2.83. The minimum atomic E-state index is -1.04. The van der Waals surface area contributed by atoms with Crippen LogP contribution in [0.3, 0.4) is 0 Å². The zero-order valence-electron chi connectivity index (χ0n) is 11.1. The van der Waals surface area contributed by atoms with Crippen LogP contribution in [0.1, 0.15) is 24.0 Å². The van der Waals surface area contributed by atoms with E-state index in [1.807, 2.05) is 19.9 Å². The van der Waals surface area contributed by atoms with Crippen LogP contribution in [0.15, 0.2) is 27.3 Å². The summed E-state index contributed by atoms with van der Waals surface area (Å²) < 4.78 is 6.25. The Balaban J connectivity index is 2.09. The van der Waals surface area contributed by atoms with Gasteiger partial charge in [-0.1, -0.05) is 0 Å². The highest BCUT2D eigenvalue weighted by Gasteiger charge is 2.27. The summed E-state index contributed by atoms with van der Waals surface area (Å²) in [5.74, 6) is 1.98. The molecule has 0 aromatic carbocycles. The van der Waals surface area contributed by atoms with E-state index in [1.165, 1.54) is 0 Å². The normalized spacial score (nSPS) is 14.2. The molecule has 0 bridgehead atoms. The highest BCUT2D eigenvalue weighted by molar-refractivity contribution is 9.10. The van der Waals surface area contributed by atoms with E-state index in [2.05, 4.69) is 31.2 Å². The maximum Gasteiger partial charge on any atom is 0.222 e. The van der Waals surface area contributed by atoms with E-state index in [0.29, 0.717) is 12.5 Å². The molecule has 0 amide bonds. The van der Waals surface area contributed by atoms with Crippen LogP contribution in [0.5, 0.6) is 0 Å². The number of aliphatic hydroxyl groups is 1. The van der Waals surface area contributed by atoms with Gasteiger partial charge in [0.15, 0.2) is 0 Å². The fourth-order valence-electron chi connectivity index (χ4n) is 1.92. The van der Waals surface area contributed by atoms with Crippen molar-refractivity contribution >= 4 is 21.9 Å². The van der Waals surface area contributed by atoms with Crippen LogP contribution in [0.25, 0.3) is 0 Å². The molecule has 0 saturated heterocycles. The second-order valence-electron chi connectivity index (χ2n) is 4.68. The number of nitrogens with zero attached hydrogens (tertiary/aromatic N) is 2. The first kappa shape index (κ1) is 14.0. The van der Waals surface area contributed by atoms with Gasteiger partial charge in [0.1, 0.15) is 17.1 Å². The Labute approximate surface area is 120 Å². The second kappa shape index (κ2) is 5.30. The summed E-state index contributed by atoms with van der Waals surface area (Å²) >= 11 is 3.27. The molecule has 0 spiro atoms. The maximum absolute atomic E-state index is 10.5. The van der Waals surface area contributed by atoms with Gasteiger partial charge in [0.2, 0.25) is 5.95 Å². The number of aryl methyl sites for hydroxylation is 2. The molecule has 2 N–H and O–H groups in total. The average molecular weight is 326 g/mol. The first-order valence-electron chi connectivity index (χ1n) is 5.90. The Hall–Kier alpha value is -1.40. The van der Waals surface area contributed by atoms with E-state index in [-0.39, 0.29) is 0 Å². The lowest BCUT2D eigenvalue weighted by Crippen LogP contribution is -2.31. The van der Waals surface area contributed by atoms with Crippen molar-refractivity contribution in [2.24, 2.45) is 0 Å². The molecule has 19 heavy (non-hydrogen) atoms. The number of halogens is 1. The van der Waals surface area contributed by atoms with Gasteiger partial charge < -0.3 is 14.8 Å². The van der Waals surface area contributed by atoms with E-state index in [4.69, 9.17) is 4.42 Å². The fraction of sp³-hybridized carbons (Fsp3) is 0.385. The van der Waals surface area contributed by atoms with Crippen molar-refractivity contribution in [1.29, 1.82) is 0 Å². The minimum Gasteiger partial charge on any atom is -0.466 e. The predicted octanol–water partition coefficient (Wildman–Crippen LogP) is 2.77. The van der Waals surface area contributed by atoms with Gasteiger partial charge in [0.25, 0.3) is 0 Å². The summed E-state index contributed by atoms with van der Waals surface area (Å²) in [6.07, 6.45) is 3.30. The highest BCUT2D eigenvalue weighted by atomic mass is 79.9. The van der Waals surface area contributed by atoms with Crippen LogP contribution >= 0.6 is 15.9 Å². The van der Waals surface area contributed by atoms with Crippen LogP contribution in [0, 0.1) is 13.8 Å². The zero-order chi connectivity index (χ0) is 14.0. The van der Waals surface area contributed by atoms with Crippen LogP contribution in [-0.4, -0.2) is 21.6 Å². The number of rotatable bonds is 4. The van der Waals surface area contributed by atoms with Crippen molar-refractivity contribution < 1.29 is 9.52 Å². The van der Waals surface area contributed by atoms with Gasteiger partial charge in [-0.05, 0) is 42.8 Å². The summed E-state index contributed by atoms with van der Waals surface area (Å²) in [6.45, 7) is 5.73. The smallest absolute Gasteiger partial charge is 0.222 e. The molecule has 0 saturated carbocycles.